The molecule has 72 valence electrons. The summed E-state index contributed by atoms with van der Waals surface area (Å²) in [7, 11) is 0. The van der Waals surface area contributed by atoms with E-state index in [0.717, 1.165) is 10.0 Å². The Kier molecular flexibility index (Phi) is 3.08. The Bertz CT molecular complexity index is 474. The highest BCUT2D eigenvalue weighted by Gasteiger charge is 2.10. The van der Waals surface area contributed by atoms with Crippen LogP contribution in [0.4, 0.5) is 0 Å². The molecule has 0 N–H and O–H groups in total. The second-order valence-electron chi connectivity index (χ2n) is 2.48. The Morgan fingerprint density at radius 3 is 2.71 bits per heavy atom. The van der Waals surface area contributed by atoms with Crippen molar-refractivity contribution in [1.29, 1.82) is 0 Å². The highest BCUT2D eigenvalue weighted by atomic mass is 127. The SMILES string of the molecule is Clc1cc(Br)ccc1-c1nnc(I)o1. The van der Waals surface area contributed by atoms with Crippen LogP contribution >= 0.6 is 50.1 Å². The van der Waals surface area contributed by atoms with Gasteiger partial charge in [-0.15, -0.1) is 10.2 Å². The Labute approximate surface area is 107 Å². The molecule has 1 aromatic heterocycles. The standard InChI is InChI=1S/C8H3BrClIN2O/c9-4-1-2-5(6(10)3-4)7-12-13-8(11)14-7/h1-3H. The van der Waals surface area contributed by atoms with Crippen LogP contribution in [0.3, 0.4) is 0 Å². The second kappa shape index (κ2) is 4.16. The van der Waals surface area contributed by atoms with E-state index in [1.54, 1.807) is 6.07 Å². The molecule has 0 aliphatic carbocycles. The van der Waals surface area contributed by atoms with Gasteiger partial charge in [-0.2, -0.15) is 0 Å². The molecule has 0 saturated carbocycles. The summed E-state index contributed by atoms with van der Waals surface area (Å²) in [6.07, 6.45) is 0. The molecule has 0 aliphatic heterocycles. The third kappa shape index (κ3) is 2.09. The number of aromatic nitrogens is 2. The van der Waals surface area contributed by atoms with Crippen LogP contribution in [-0.2, 0) is 0 Å². The number of hydrogen-bond donors (Lipinski definition) is 0. The summed E-state index contributed by atoms with van der Waals surface area (Å²) in [5.41, 5.74) is 0.741. The van der Waals surface area contributed by atoms with Gasteiger partial charge < -0.3 is 4.42 Å². The molecule has 0 saturated heterocycles. The van der Waals surface area contributed by atoms with Gasteiger partial charge in [0.15, 0.2) is 0 Å². The quantitative estimate of drug-likeness (QED) is 0.702. The van der Waals surface area contributed by atoms with E-state index in [1.165, 1.54) is 0 Å². The van der Waals surface area contributed by atoms with Crippen molar-refractivity contribution in [2.45, 2.75) is 0 Å². The molecule has 0 bridgehead atoms. The van der Waals surface area contributed by atoms with Crippen LogP contribution < -0.4 is 0 Å². The van der Waals surface area contributed by atoms with Crippen molar-refractivity contribution in [2.24, 2.45) is 0 Å². The molecular formula is C8H3BrClIN2O. The smallest absolute Gasteiger partial charge is 0.278 e. The van der Waals surface area contributed by atoms with Crippen molar-refractivity contribution in [3.8, 4) is 11.5 Å². The van der Waals surface area contributed by atoms with Gasteiger partial charge in [0.2, 0.25) is 5.89 Å². The lowest BCUT2D eigenvalue weighted by atomic mass is 10.2. The molecule has 2 aromatic rings. The minimum atomic E-state index is 0.437. The largest absolute Gasteiger partial charge is 0.412 e. The van der Waals surface area contributed by atoms with Crippen LogP contribution in [0.25, 0.3) is 11.5 Å². The molecular weight excluding hydrogens is 382 g/mol. The summed E-state index contributed by atoms with van der Waals surface area (Å²) in [5.74, 6) is 0.437. The molecule has 3 nitrogen and oxygen atoms in total. The first-order valence-corrected chi connectivity index (χ1v) is 5.86. The molecule has 0 aliphatic rings. The molecule has 0 radical (unpaired) electrons. The van der Waals surface area contributed by atoms with Crippen LogP contribution in [0, 0.1) is 3.90 Å². The van der Waals surface area contributed by atoms with E-state index in [2.05, 4.69) is 26.1 Å². The topological polar surface area (TPSA) is 38.9 Å². The molecule has 14 heavy (non-hydrogen) atoms. The maximum Gasteiger partial charge on any atom is 0.278 e. The Morgan fingerprint density at radius 1 is 1.36 bits per heavy atom. The van der Waals surface area contributed by atoms with Crippen LogP contribution in [0.1, 0.15) is 0 Å². The second-order valence-corrected chi connectivity index (χ2v) is 4.73. The summed E-state index contributed by atoms with van der Waals surface area (Å²) in [4.78, 5) is 0. The molecule has 0 amide bonds. The molecule has 2 rings (SSSR count). The fraction of sp³-hybridized carbons (Fsp3) is 0. The van der Waals surface area contributed by atoms with Crippen molar-refractivity contribution in [3.63, 3.8) is 0 Å². The van der Waals surface area contributed by atoms with Crippen molar-refractivity contribution >= 4 is 50.1 Å². The van der Waals surface area contributed by atoms with Gasteiger partial charge in [0.1, 0.15) is 0 Å². The van der Waals surface area contributed by atoms with E-state index in [9.17, 15) is 0 Å². The van der Waals surface area contributed by atoms with Gasteiger partial charge in [-0.1, -0.05) is 27.5 Å². The fourth-order valence-electron chi connectivity index (χ4n) is 0.977. The predicted octanol–water partition coefficient (Wildman–Crippen LogP) is 3.76. The van der Waals surface area contributed by atoms with E-state index >= 15 is 0 Å². The maximum absolute atomic E-state index is 6.01. The average molecular weight is 385 g/mol. The first-order chi connectivity index (χ1) is 6.66. The van der Waals surface area contributed by atoms with E-state index in [4.69, 9.17) is 16.0 Å². The normalized spacial score (nSPS) is 10.5. The number of rotatable bonds is 1. The van der Waals surface area contributed by atoms with Crippen LogP contribution in [0.2, 0.25) is 5.02 Å². The zero-order valence-corrected chi connectivity index (χ0v) is 11.2. The van der Waals surface area contributed by atoms with Crippen molar-refractivity contribution in [1.82, 2.24) is 10.2 Å². The van der Waals surface area contributed by atoms with Gasteiger partial charge in [-0.3, -0.25) is 0 Å². The first kappa shape index (κ1) is 10.4. The van der Waals surface area contributed by atoms with E-state index in [0.29, 0.717) is 14.8 Å². The predicted molar refractivity (Wildman–Crippen MR) is 65.2 cm³/mol. The van der Waals surface area contributed by atoms with Gasteiger partial charge in [0, 0.05) is 27.1 Å². The third-order valence-electron chi connectivity index (χ3n) is 1.56. The zero-order chi connectivity index (χ0) is 10.1. The lowest BCUT2D eigenvalue weighted by Gasteiger charge is -1.98. The van der Waals surface area contributed by atoms with Crippen LogP contribution in [0.5, 0.6) is 0 Å². The minimum absolute atomic E-state index is 0.437. The van der Waals surface area contributed by atoms with Gasteiger partial charge in [0.05, 0.1) is 10.6 Å². The molecule has 0 unspecified atom stereocenters. The Morgan fingerprint density at radius 2 is 2.14 bits per heavy atom. The minimum Gasteiger partial charge on any atom is -0.412 e. The summed E-state index contributed by atoms with van der Waals surface area (Å²) < 4.78 is 6.67. The van der Waals surface area contributed by atoms with Crippen LogP contribution in [0.15, 0.2) is 27.1 Å². The Hall–Kier alpha value is -0.140. The number of hydrogen-bond acceptors (Lipinski definition) is 3. The summed E-state index contributed by atoms with van der Waals surface area (Å²) in [6, 6.07) is 5.49. The molecule has 0 atom stereocenters. The van der Waals surface area contributed by atoms with E-state index in [-0.39, 0.29) is 0 Å². The Balaban J connectivity index is 2.52. The highest BCUT2D eigenvalue weighted by Crippen LogP contribution is 2.29. The van der Waals surface area contributed by atoms with Crippen LogP contribution in [-0.4, -0.2) is 10.2 Å². The molecule has 6 heteroatoms. The number of benzene rings is 1. The highest BCUT2D eigenvalue weighted by molar-refractivity contribution is 14.1. The van der Waals surface area contributed by atoms with Gasteiger partial charge in [-0.05, 0) is 18.2 Å². The molecule has 1 heterocycles. The van der Waals surface area contributed by atoms with Gasteiger partial charge in [0.25, 0.3) is 3.90 Å². The monoisotopic (exact) mass is 384 g/mol. The maximum atomic E-state index is 6.01. The van der Waals surface area contributed by atoms with Crippen molar-refractivity contribution in [2.75, 3.05) is 0 Å². The summed E-state index contributed by atoms with van der Waals surface area (Å²) in [5, 5.41) is 8.19. The lowest BCUT2D eigenvalue weighted by molar-refractivity contribution is 0.537. The molecule has 0 fully saturated rings. The lowest BCUT2D eigenvalue weighted by Crippen LogP contribution is -1.79. The van der Waals surface area contributed by atoms with Gasteiger partial charge >= 0.3 is 0 Å². The fourth-order valence-corrected chi connectivity index (χ4v) is 2.05. The third-order valence-corrected chi connectivity index (χ3v) is 2.80. The van der Waals surface area contributed by atoms with Gasteiger partial charge in [-0.25, -0.2) is 0 Å². The first-order valence-electron chi connectivity index (χ1n) is 3.61. The van der Waals surface area contributed by atoms with E-state index < -0.39 is 0 Å². The van der Waals surface area contributed by atoms with Crippen molar-refractivity contribution in [3.05, 3.63) is 31.6 Å². The summed E-state index contributed by atoms with van der Waals surface area (Å²) in [6.45, 7) is 0. The zero-order valence-electron chi connectivity index (χ0n) is 6.67. The van der Waals surface area contributed by atoms with Crippen molar-refractivity contribution < 1.29 is 4.42 Å². The van der Waals surface area contributed by atoms with E-state index in [1.807, 2.05) is 34.7 Å². The number of halogens is 3. The average Bonchev–Trinajstić information content (AvgIpc) is 2.51. The number of nitrogens with zero attached hydrogens (tertiary/aromatic N) is 2. The molecule has 1 aromatic carbocycles. The molecule has 0 spiro atoms. The summed E-state index contributed by atoms with van der Waals surface area (Å²) >= 11 is 11.3.